The van der Waals surface area contributed by atoms with Gasteiger partial charge in [-0.3, -0.25) is 4.98 Å². The molecule has 3 aromatic rings. The number of rotatable bonds is 11. The second-order valence-corrected chi connectivity index (χ2v) is 11.3. The van der Waals surface area contributed by atoms with Crippen molar-refractivity contribution in [2.45, 2.75) is 17.7 Å². The molecule has 0 saturated carbocycles. The van der Waals surface area contributed by atoms with Gasteiger partial charge in [-0.05, 0) is 74.5 Å². The molecule has 0 bridgehead atoms. The first-order chi connectivity index (χ1) is 16.9. The van der Waals surface area contributed by atoms with Gasteiger partial charge >= 0.3 is 0 Å². The lowest BCUT2D eigenvalue weighted by Gasteiger charge is -2.34. The summed E-state index contributed by atoms with van der Waals surface area (Å²) in [6, 6.07) is 14.0. The van der Waals surface area contributed by atoms with Crippen LogP contribution in [0.15, 0.2) is 59.6 Å². The number of piperazine rings is 1. The average molecular weight is 537 g/mol. The topological polar surface area (TPSA) is 77.6 Å². The van der Waals surface area contributed by atoms with Crippen LogP contribution in [0, 0.1) is 0 Å². The fourth-order valence-corrected chi connectivity index (χ4v) is 5.61. The Morgan fingerprint density at radius 3 is 2.14 bits per heavy atom. The zero-order valence-electron chi connectivity index (χ0n) is 19.6. The van der Waals surface area contributed by atoms with E-state index in [0.29, 0.717) is 16.6 Å². The highest BCUT2D eigenvalue weighted by molar-refractivity contribution is 7.89. The van der Waals surface area contributed by atoms with Gasteiger partial charge in [-0.15, -0.1) is 0 Å². The van der Waals surface area contributed by atoms with E-state index in [0.717, 1.165) is 75.2 Å². The molecule has 0 radical (unpaired) electrons. The van der Waals surface area contributed by atoms with Gasteiger partial charge < -0.3 is 15.1 Å². The van der Waals surface area contributed by atoms with Gasteiger partial charge in [-0.1, -0.05) is 23.2 Å². The number of aromatic nitrogens is 1. The minimum Gasteiger partial charge on any atom is -0.384 e. The molecular formula is C25H31Cl2N5O2S. The third kappa shape index (κ3) is 7.52. The molecule has 10 heteroatoms. The number of pyridine rings is 1. The summed E-state index contributed by atoms with van der Waals surface area (Å²) in [5.74, 6) is 0. The molecule has 4 rings (SSSR count). The van der Waals surface area contributed by atoms with E-state index in [1.54, 1.807) is 12.1 Å². The van der Waals surface area contributed by atoms with Gasteiger partial charge in [-0.25, -0.2) is 13.1 Å². The number of nitrogens with one attached hydrogen (secondary N) is 2. The van der Waals surface area contributed by atoms with Crippen LogP contribution in [0.1, 0.15) is 12.8 Å². The largest absolute Gasteiger partial charge is 0.384 e. The zero-order valence-corrected chi connectivity index (χ0v) is 21.9. The Hall–Kier alpha value is -1.94. The normalized spacial score (nSPS) is 15.5. The molecule has 1 aliphatic heterocycles. The van der Waals surface area contributed by atoms with Gasteiger partial charge in [0.25, 0.3) is 0 Å². The number of benzene rings is 2. The van der Waals surface area contributed by atoms with Crippen LogP contribution in [-0.4, -0.2) is 75.6 Å². The standard InChI is InChI=1S/C25H31Cl2N5O2S/c26-20-3-6-22(7-4-20)35(33,34)30-11-2-14-32-17-15-31(16-18-32)13-1-10-28-24-9-12-29-25-19-21(27)5-8-23(24)25/h3-9,12,19,30H,1-2,10-11,13-18H2,(H,28,29). The first-order valence-electron chi connectivity index (χ1n) is 11.9. The van der Waals surface area contributed by atoms with Crippen molar-refractivity contribution in [1.29, 1.82) is 0 Å². The van der Waals surface area contributed by atoms with Crippen LogP contribution in [0.5, 0.6) is 0 Å². The quantitative estimate of drug-likeness (QED) is 0.356. The van der Waals surface area contributed by atoms with Crippen molar-refractivity contribution < 1.29 is 8.42 Å². The summed E-state index contributed by atoms with van der Waals surface area (Å²) in [6.45, 7) is 7.34. The van der Waals surface area contributed by atoms with Crippen molar-refractivity contribution in [1.82, 2.24) is 19.5 Å². The van der Waals surface area contributed by atoms with Crippen molar-refractivity contribution in [2.75, 3.05) is 57.7 Å². The number of fused-ring (bicyclic) bond motifs is 1. The second kappa shape index (κ2) is 12.3. The van der Waals surface area contributed by atoms with Crippen molar-refractivity contribution in [3.05, 3.63) is 64.8 Å². The minimum atomic E-state index is -3.49. The smallest absolute Gasteiger partial charge is 0.240 e. The van der Waals surface area contributed by atoms with Gasteiger partial charge in [0.05, 0.1) is 10.4 Å². The summed E-state index contributed by atoms with van der Waals surface area (Å²) in [4.78, 5) is 9.53. The molecule has 1 aromatic heterocycles. The summed E-state index contributed by atoms with van der Waals surface area (Å²) in [7, 11) is -3.49. The number of nitrogens with zero attached hydrogens (tertiary/aromatic N) is 3. The maximum Gasteiger partial charge on any atom is 0.240 e. The lowest BCUT2D eigenvalue weighted by atomic mass is 10.2. The lowest BCUT2D eigenvalue weighted by Crippen LogP contribution is -2.47. The Morgan fingerprint density at radius 1 is 0.829 bits per heavy atom. The molecule has 1 fully saturated rings. The Morgan fingerprint density at radius 2 is 1.46 bits per heavy atom. The highest BCUT2D eigenvalue weighted by Crippen LogP contribution is 2.24. The molecule has 188 valence electrons. The molecule has 1 aliphatic rings. The fraction of sp³-hybridized carbons (Fsp3) is 0.400. The molecular weight excluding hydrogens is 505 g/mol. The molecule has 35 heavy (non-hydrogen) atoms. The minimum absolute atomic E-state index is 0.242. The molecule has 0 spiro atoms. The molecule has 7 nitrogen and oxygen atoms in total. The van der Waals surface area contributed by atoms with E-state index < -0.39 is 10.0 Å². The first kappa shape index (κ1) is 26.1. The van der Waals surface area contributed by atoms with Crippen LogP contribution >= 0.6 is 23.2 Å². The summed E-state index contributed by atoms with van der Waals surface area (Å²) >= 11 is 11.9. The number of hydrogen-bond donors (Lipinski definition) is 2. The van der Waals surface area contributed by atoms with Gasteiger partial charge in [0, 0.05) is 66.6 Å². The van der Waals surface area contributed by atoms with E-state index in [9.17, 15) is 8.42 Å². The average Bonchev–Trinajstić information content (AvgIpc) is 2.85. The molecule has 0 unspecified atom stereocenters. The van der Waals surface area contributed by atoms with E-state index in [2.05, 4.69) is 24.8 Å². The molecule has 2 heterocycles. The van der Waals surface area contributed by atoms with Gasteiger partial charge in [0.2, 0.25) is 10.0 Å². The molecule has 1 saturated heterocycles. The molecule has 0 aliphatic carbocycles. The molecule has 2 N–H and O–H groups in total. The monoisotopic (exact) mass is 535 g/mol. The highest BCUT2D eigenvalue weighted by Gasteiger charge is 2.17. The van der Waals surface area contributed by atoms with Crippen LogP contribution in [0.25, 0.3) is 10.9 Å². The highest BCUT2D eigenvalue weighted by atomic mass is 35.5. The second-order valence-electron chi connectivity index (χ2n) is 8.69. The molecule has 0 atom stereocenters. The fourth-order valence-electron chi connectivity index (χ4n) is 4.24. The van der Waals surface area contributed by atoms with Crippen molar-refractivity contribution in [2.24, 2.45) is 0 Å². The first-order valence-corrected chi connectivity index (χ1v) is 14.1. The lowest BCUT2D eigenvalue weighted by molar-refractivity contribution is 0.131. The third-order valence-corrected chi connectivity index (χ3v) is 8.17. The third-order valence-electron chi connectivity index (χ3n) is 6.20. The molecule has 0 amide bonds. The number of anilines is 1. The van der Waals surface area contributed by atoms with Gasteiger partial charge in [0.1, 0.15) is 0 Å². The Kier molecular flexibility index (Phi) is 9.21. The summed E-state index contributed by atoms with van der Waals surface area (Å²) in [6.07, 6.45) is 3.65. The van der Waals surface area contributed by atoms with Crippen molar-refractivity contribution >= 4 is 49.8 Å². The van der Waals surface area contributed by atoms with Crippen LogP contribution in [0.3, 0.4) is 0 Å². The van der Waals surface area contributed by atoms with Crippen LogP contribution in [-0.2, 0) is 10.0 Å². The summed E-state index contributed by atoms with van der Waals surface area (Å²) < 4.78 is 27.4. The van der Waals surface area contributed by atoms with E-state index in [-0.39, 0.29) is 4.90 Å². The number of sulfonamides is 1. The van der Waals surface area contributed by atoms with E-state index in [1.165, 1.54) is 12.1 Å². The van der Waals surface area contributed by atoms with Crippen LogP contribution < -0.4 is 10.0 Å². The predicted molar refractivity (Wildman–Crippen MR) is 144 cm³/mol. The molecule has 2 aromatic carbocycles. The number of hydrogen-bond acceptors (Lipinski definition) is 6. The maximum absolute atomic E-state index is 12.3. The van der Waals surface area contributed by atoms with Crippen molar-refractivity contribution in [3.8, 4) is 0 Å². The maximum atomic E-state index is 12.3. The SMILES string of the molecule is O=S(=O)(NCCCN1CCN(CCCNc2ccnc3cc(Cl)ccc23)CC1)c1ccc(Cl)cc1. The van der Waals surface area contributed by atoms with Crippen molar-refractivity contribution in [3.63, 3.8) is 0 Å². The van der Waals surface area contributed by atoms with E-state index >= 15 is 0 Å². The Labute approximate surface area is 217 Å². The summed E-state index contributed by atoms with van der Waals surface area (Å²) in [5.41, 5.74) is 1.99. The van der Waals surface area contributed by atoms with E-state index in [4.69, 9.17) is 23.2 Å². The van der Waals surface area contributed by atoms with Crippen LogP contribution in [0.2, 0.25) is 10.0 Å². The predicted octanol–water partition coefficient (Wildman–Crippen LogP) is 4.33. The summed E-state index contributed by atoms with van der Waals surface area (Å²) in [5, 5.41) is 5.83. The van der Waals surface area contributed by atoms with Gasteiger partial charge in [-0.2, -0.15) is 0 Å². The van der Waals surface area contributed by atoms with Crippen LogP contribution in [0.4, 0.5) is 5.69 Å². The Balaban J connectivity index is 1.10. The Bertz CT molecular complexity index is 1220. The van der Waals surface area contributed by atoms with Gasteiger partial charge in [0.15, 0.2) is 0 Å². The van der Waals surface area contributed by atoms with E-state index in [1.807, 2.05) is 30.5 Å². The zero-order chi connectivity index (χ0) is 24.7. The number of halogens is 2.